The Labute approximate surface area is 111 Å². The van der Waals surface area contributed by atoms with Gasteiger partial charge in [0.25, 0.3) is 0 Å². The predicted octanol–water partition coefficient (Wildman–Crippen LogP) is 1.99. The van der Waals surface area contributed by atoms with Crippen LogP contribution in [0.5, 0.6) is 0 Å². The van der Waals surface area contributed by atoms with E-state index < -0.39 is 0 Å². The summed E-state index contributed by atoms with van der Waals surface area (Å²) >= 11 is 0. The SMILES string of the molecule is CNc1nnc(-c2ccc3c(c2)CC(=O)N3)cc1C. The van der Waals surface area contributed by atoms with Gasteiger partial charge in [0.2, 0.25) is 5.91 Å². The van der Waals surface area contributed by atoms with E-state index in [9.17, 15) is 4.79 Å². The molecule has 0 bridgehead atoms. The second kappa shape index (κ2) is 4.35. The second-order valence-corrected chi connectivity index (χ2v) is 4.61. The molecule has 1 aromatic carbocycles. The number of hydrogen-bond donors (Lipinski definition) is 2. The van der Waals surface area contributed by atoms with E-state index in [1.54, 1.807) is 0 Å². The van der Waals surface area contributed by atoms with Crippen molar-refractivity contribution in [2.24, 2.45) is 0 Å². The van der Waals surface area contributed by atoms with Crippen molar-refractivity contribution in [3.8, 4) is 11.3 Å². The molecular weight excluding hydrogens is 240 g/mol. The first-order valence-electron chi connectivity index (χ1n) is 6.12. The third kappa shape index (κ3) is 2.03. The quantitative estimate of drug-likeness (QED) is 0.860. The smallest absolute Gasteiger partial charge is 0.228 e. The summed E-state index contributed by atoms with van der Waals surface area (Å²) in [5.41, 5.74) is 4.75. The lowest BCUT2D eigenvalue weighted by molar-refractivity contribution is -0.115. The van der Waals surface area contributed by atoms with Gasteiger partial charge in [0, 0.05) is 18.3 Å². The van der Waals surface area contributed by atoms with E-state index in [-0.39, 0.29) is 5.91 Å². The molecule has 3 rings (SSSR count). The number of carbonyl (C=O) groups excluding carboxylic acids is 1. The van der Waals surface area contributed by atoms with Crippen LogP contribution in [0.15, 0.2) is 24.3 Å². The second-order valence-electron chi connectivity index (χ2n) is 4.61. The highest BCUT2D eigenvalue weighted by molar-refractivity contribution is 5.99. The minimum Gasteiger partial charge on any atom is -0.371 e. The summed E-state index contributed by atoms with van der Waals surface area (Å²) in [5.74, 6) is 0.821. The van der Waals surface area contributed by atoms with Crippen molar-refractivity contribution in [1.82, 2.24) is 10.2 Å². The lowest BCUT2D eigenvalue weighted by Gasteiger charge is -2.07. The minimum absolute atomic E-state index is 0.0416. The summed E-state index contributed by atoms with van der Waals surface area (Å²) in [4.78, 5) is 11.3. The van der Waals surface area contributed by atoms with E-state index in [1.165, 1.54) is 0 Å². The maximum Gasteiger partial charge on any atom is 0.228 e. The fourth-order valence-electron chi connectivity index (χ4n) is 2.26. The van der Waals surface area contributed by atoms with Gasteiger partial charge in [-0.1, -0.05) is 6.07 Å². The molecule has 1 aliphatic rings. The zero-order chi connectivity index (χ0) is 13.4. The highest BCUT2D eigenvalue weighted by Crippen LogP contribution is 2.28. The number of rotatable bonds is 2. The lowest BCUT2D eigenvalue weighted by atomic mass is 10.0. The number of carbonyl (C=O) groups is 1. The molecule has 2 aromatic rings. The molecule has 1 aromatic heterocycles. The molecule has 0 fully saturated rings. The van der Waals surface area contributed by atoms with Crippen LogP contribution < -0.4 is 10.6 Å². The highest BCUT2D eigenvalue weighted by atomic mass is 16.1. The monoisotopic (exact) mass is 254 g/mol. The average Bonchev–Trinajstić information content (AvgIpc) is 2.77. The zero-order valence-electron chi connectivity index (χ0n) is 10.8. The summed E-state index contributed by atoms with van der Waals surface area (Å²) < 4.78 is 0. The van der Waals surface area contributed by atoms with Crippen LogP contribution in [0.2, 0.25) is 0 Å². The van der Waals surface area contributed by atoms with Crippen LogP contribution >= 0.6 is 0 Å². The zero-order valence-corrected chi connectivity index (χ0v) is 10.8. The van der Waals surface area contributed by atoms with Gasteiger partial charge in [0.1, 0.15) is 0 Å². The van der Waals surface area contributed by atoms with Gasteiger partial charge in [-0.3, -0.25) is 4.79 Å². The molecule has 2 heterocycles. The van der Waals surface area contributed by atoms with Crippen LogP contribution in [0, 0.1) is 6.92 Å². The molecule has 0 saturated heterocycles. The van der Waals surface area contributed by atoms with Gasteiger partial charge in [-0.15, -0.1) is 10.2 Å². The van der Waals surface area contributed by atoms with Crippen LogP contribution in [-0.2, 0) is 11.2 Å². The molecule has 0 unspecified atom stereocenters. The summed E-state index contributed by atoms with van der Waals surface area (Å²) in [6.45, 7) is 1.99. The Bertz CT molecular complexity index is 666. The summed E-state index contributed by atoms with van der Waals surface area (Å²) in [6.07, 6.45) is 0.435. The number of benzene rings is 1. The van der Waals surface area contributed by atoms with E-state index in [2.05, 4.69) is 20.8 Å². The van der Waals surface area contributed by atoms with Crippen molar-refractivity contribution in [2.75, 3.05) is 17.7 Å². The van der Waals surface area contributed by atoms with Crippen molar-refractivity contribution in [3.05, 3.63) is 35.4 Å². The lowest BCUT2D eigenvalue weighted by Crippen LogP contribution is -2.03. The van der Waals surface area contributed by atoms with E-state index in [1.807, 2.05) is 38.2 Å². The number of aryl methyl sites for hydroxylation is 1. The van der Waals surface area contributed by atoms with Gasteiger partial charge >= 0.3 is 0 Å². The Morgan fingerprint density at radius 3 is 2.84 bits per heavy atom. The summed E-state index contributed by atoms with van der Waals surface area (Å²) in [5, 5.41) is 14.2. The third-order valence-corrected chi connectivity index (χ3v) is 3.25. The standard InChI is InChI=1S/C14H14N4O/c1-8-5-12(17-18-14(8)15-2)9-3-4-11-10(6-9)7-13(19)16-11/h3-6H,7H2,1-2H3,(H,15,18)(H,16,19). The maximum atomic E-state index is 11.3. The fourth-order valence-corrected chi connectivity index (χ4v) is 2.26. The van der Waals surface area contributed by atoms with E-state index in [0.717, 1.165) is 33.9 Å². The molecule has 0 saturated carbocycles. The van der Waals surface area contributed by atoms with Gasteiger partial charge in [-0.05, 0) is 36.2 Å². The average molecular weight is 254 g/mol. The van der Waals surface area contributed by atoms with Gasteiger partial charge in [-0.2, -0.15) is 0 Å². The Hall–Kier alpha value is -2.43. The fraction of sp³-hybridized carbons (Fsp3) is 0.214. The summed E-state index contributed by atoms with van der Waals surface area (Å²) in [7, 11) is 1.82. The number of anilines is 2. The Morgan fingerprint density at radius 2 is 2.11 bits per heavy atom. The van der Waals surface area contributed by atoms with E-state index in [0.29, 0.717) is 6.42 Å². The molecule has 5 nitrogen and oxygen atoms in total. The number of aromatic nitrogens is 2. The Balaban J connectivity index is 2.01. The first-order valence-corrected chi connectivity index (χ1v) is 6.12. The normalized spacial score (nSPS) is 13.1. The molecule has 1 amide bonds. The minimum atomic E-state index is 0.0416. The largest absolute Gasteiger partial charge is 0.371 e. The number of fused-ring (bicyclic) bond motifs is 1. The van der Waals surface area contributed by atoms with Crippen molar-refractivity contribution in [1.29, 1.82) is 0 Å². The van der Waals surface area contributed by atoms with E-state index in [4.69, 9.17) is 0 Å². The molecular formula is C14H14N4O. The predicted molar refractivity (Wildman–Crippen MR) is 74.1 cm³/mol. The van der Waals surface area contributed by atoms with Crippen molar-refractivity contribution in [2.45, 2.75) is 13.3 Å². The van der Waals surface area contributed by atoms with E-state index >= 15 is 0 Å². The Kier molecular flexibility index (Phi) is 2.67. The van der Waals surface area contributed by atoms with Gasteiger partial charge in [0.05, 0.1) is 12.1 Å². The van der Waals surface area contributed by atoms with Crippen LogP contribution in [0.3, 0.4) is 0 Å². The van der Waals surface area contributed by atoms with Crippen molar-refractivity contribution in [3.63, 3.8) is 0 Å². The summed E-state index contributed by atoms with van der Waals surface area (Å²) in [6, 6.07) is 7.85. The molecule has 96 valence electrons. The topological polar surface area (TPSA) is 66.9 Å². The van der Waals surface area contributed by atoms with Crippen LogP contribution in [0.1, 0.15) is 11.1 Å². The molecule has 5 heteroatoms. The molecule has 0 aliphatic carbocycles. The molecule has 2 N–H and O–H groups in total. The number of nitrogens with zero attached hydrogens (tertiary/aromatic N) is 2. The van der Waals surface area contributed by atoms with Gasteiger partial charge in [0.15, 0.2) is 5.82 Å². The van der Waals surface area contributed by atoms with Crippen LogP contribution in [0.25, 0.3) is 11.3 Å². The van der Waals surface area contributed by atoms with Gasteiger partial charge < -0.3 is 10.6 Å². The van der Waals surface area contributed by atoms with Gasteiger partial charge in [-0.25, -0.2) is 0 Å². The highest BCUT2D eigenvalue weighted by Gasteiger charge is 2.18. The third-order valence-electron chi connectivity index (χ3n) is 3.25. The molecule has 0 radical (unpaired) electrons. The number of amides is 1. The first-order chi connectivity index (χ1) is 9.17. The molecule has 0 spiro atoms. The number of hydrogen-bond acceptors (Lipinski definition) is 4. The molecule has 0 atom stereocenters. The Morgan fingerprint density at radius 1 is 1.26 bits per heavy atom. The van der Waals surface area contributed by atoms with Crippen LogP contribution in [-0.4, -0.2) is 23.2 Å². The maximum absolute atomic E-state index is 11.3. The molecule has 1 aliphatic heterocycles. The first kappa shape index (κ1) is 11.6. The van der Waals surface area contributed by atoms with Crippen molar-refractivity contribution >= 4 is 17.4 Å². The molecule has 19 heavy (non-hydrogen) atoms. The van der Waals surface area contributed by atoms with Crippen molar-refractivity contribution < 1.29 is 4.79 Å². The number of nitrogens with one attached hydrogen (secondary N) is 2. The van der Waals surface area contributed by atoms with Crippen LogP contribution in [0.4, 0.5) is 11.5 Å².